The third-order valence-corrected chi connectivity index (χ3v) is 4.96. The minimum absolute atomic E-state index is 0.363. The summed E-state index contributed by atoms with van der Waals surface area (Å²) in [4.78, 5) is 2.63. The zero-order valence-corrected chi connectivity index (χ0v) is 13.6. The van der Waals surface area contributed by atoms with Gasteiger partial charge in [-0.05, 0) is 38.3 Å². The number of hydrogen-bond acceptors (Lipinski definition) is 3. The number of nitrogens with one attached hydrogen (secondary N) is 1. The van der Waals surface area contributed by atoms with Crippen LogP contribution in [0.4, 0.5) is 0 Å². The lowest BCUT2D eigenvalue weighted by Gasteiger charge is -2.44. The van der Waals surface area contributed by atoms with E-state index in [0.29, 0.717) is 18.1 Å². The van der Waals surface area contributed by atoms with Crippen LogP contribution < -0.4 is 5.32 Å². The summed E-state index contributed by atoms with van der Waals surface area (Å²) in [5, 5.41) is 3.74. The van der Waals surface area contributed by atoms with Crippen molar-refractivity contribution in [3.63, 3.8) is 0 Å². The van der Waals surface area contributed by atoms with Gasteiger partial charge in [-0.2, -0.15) is 0 Å². The second kappa shape index (κ2) is 6.77. The summed E-state index contributed by atoms with van der Waals surface area (Å²) in [6.45, 7) is 13.4. The number of furan rings is 1. The molecule has 0 radical (unpaired) electrons. The standard InChI is InChI=1S/C17H30N2O/c1-6-12(3)16-11-19(15(7-2)10-18-16)14(5)17-9-8-13(4)20-17/h8-9,12,14-16,18H,6-7,10-11H2,1-5H3. The van der Waals surface area contributed by atoms with E-state index in [9.17, 15) is 0 Å². The van der Waals surface area contributed by atoms with Crippen molar-refractivity contribution in [2.24, 2.45) is 5.92 Å². The Morgan fingerprint density at radius 2 is 2.10 bits per heavy atom. The Hall–Kier alpha value is -0.800. The number of aryl methyl sites for hydroxylation is 1. The number of nitrogens with zero attached hydrogens (tertiary/aromatic N) is 1. The Bertz CT molecular complexity index is 415. The molecule has 1 saturated heterocycles. The van der Waals surface area contributed by atoms with Crippen molar-refractivity contribution in [3.8, 4) is 0 Å². The van der Waals surface area contributed by atoms with Gasteiger partial charge in [-0.3, -0.25) is 4.90 Å². The second-order valence-electron chi connectivity index (χ2n) is 6.28. The molecule has 0 aromatic carbocycles. The zero-order valence-electron chi connectivity index (χ0n) is 13.6. The minimum atomic E-state index is 0.363. The van der Waals surface area contributed by atoms with Crippen molar-refractivity contribution >= 4 is 0 Å². The third kappa shape index (κ3) is 3.26. The largest absolute Gasteiger partial charge is 0.465 e. The van der Waals surface area contributed by atoms with Gasteiger partial charge >= 0.3 is 0 Å². The molecule has 0 aliphatic carbocycles. The molecule has 1 aromatic rings. The summed E-state index contributed by atoms with van der Waals surface area (Å²) < 4.78 is 5.85. The smallest absolute Gasteiger partial charge is 0.121 e. The molecule has 114 valence electrons. The van der Waals surface area contributed by atoms with Gasteiger partial charge in [0.25, 0.3) is 0 Å². The molecule has 3 nitrogen and oxygen atoms in total. The van der Waals surface area contributed by atoms with Gasteiger partial charge in [0.2, 0.25) is 0 Å². The van der Waals surface area contributed by atoms with E-state index < -0.39 is 0 Å². The molecule has 1 N–H and O–H groups in total. The molecular weight excluding hydrogens is 248 g/mol. The Morgan fingerprint density at radius 1 is 1.35 bits per heavy atom. The zero-order chi connectivity index (χ0) is 14.7. The van der Waals surface area contributed by atoms with Crippen LogP contribution in [-0.4, -0.2) is 30.1 Å². The van der Waals surface area contributed by atoms with Crippen LogP contribution in [0.3, 0.4) is 0 Å². The molecule has 2 rings (SSSR count). The first-order valence-corrected chi connectivity index (χ1v) is 8.12. The maximum atomic E-state index is 5.85. The highest BCUT2D eigenvalue weighted by Crippen LogP contribution is 2.28. The van der Waals surface area contributed by atoms with Crippen molar-refractivity contribution < 1.29 is 4.42 Å². The molecule has 1 aliphatic rings. The van der Waals surface area contributed by atoms with Crippen LogP contribution in [-0.2, 0) is 0 Å². The fourth-order valence-electron chi connectivity index (χ4n) is 3.21. The average Bonchev–Trinajstić information content (AvgIpc) is 2.91. The molecule has 1 aliphatic heterocycles. The van der Waals surface area contributed by atoms with Crippen molar-refractivity contribution in [2.45, 2.75) is 65.6 Å². The summed E-state index contributed by atoms with van der Waals surface area (Å²) in [5.41, 5.74) is 0. The molecule has 0 saturated carbocycles. The monoisotopic (exact) mass is 278 g/mol. The molecule has 3 heteroatoms. The molecule has 2 heterocycles. The lowest BCUT2D eigenvalue weighted by atomic mass is 9.93. The molecule has 4 unspecified atom stereocenters. The van der Waals surface area contributed by atoms with E-state index in [1.807, 2.05) is 6.92 Å². The van der Waals surface area contributed by atoms with Crippen LogP contribution in [0.2, 0.25) is 0 Å². The molecule has 0 bridgehead atoms. The Balaban J connectivity index is 2.12. The second-order valence-corrected chi connectivity index (χ2v) is 6.28. The van der Waals surface area contributed by atoms with Crippen molar-refractivity contribution in [2.75, 3.05) is 13.1 Å². The van der Waals surface area contributed by atoms with Gasteiger partial charge in [-0.15, -0.1) is 0 Å². The van der Waals surface area contributed by atoms with E-state index in [2.05, 4.69) is 50.0 Å². The molecule has 0 spiro atoms. The lowest BCUT2D eigenvalue weighted by molar-refractivity contribution is 0.0615. The van der Waals surface area contributed by atoms with Gasteiger partial charge in [0.05, 0.1) is 6.04 Å². The van der Waals surface area contributed by atoms with Gasteiger partial charge < -0.3 is 9.73 Å². The van der Waals surface area contributed by atoms with Crippen LogP contribution in [0.25, 0.3) is 0 Å². The van der Waals surface area contributed by atoms with E-state index in [0.717, 1.165) is 30.5 Å². The fourth-order valence-corrected chi connectivity index (χ4v) is 3.21. The van der Waals surface area contributed by atoms with E-state index in [1.54, 1.807) is 0 Å². The summed E-state index contributed by atoms with van der Waals surface area (Å²) in [7, 11) is 0. The normalized spacial score (nSPS) is 27.4. The van der Waals surface area contributed by atoms with Crippen LogP contribution in [0.5, 0.6) is 0 Å². The summed E-state index contributed by atoms with van der Waals surface area (Å²) >= 11 is 0. The van der Waals surface area contributed by atoms with Crippen LogP contribution in [0.15, 0.2) is 16.5 Å². The van der Waals surface area contributed by atoms with Crippen LogP contribution in [0.1, 0.15) is 58.1 Å². The summed E-state index contributed by atoms with van der Waals surface area (Å²) in [6, 6.07) is 5.77. The van der Waals surface area contributed by atoms with Gasteiger partial charge in [0.15, 0.2) is 0 Å². The third-order valence-electron chi connectivity index (χ3n) is 4.96. The van der Waals surface area contributed by atoms with Crippen LogP contribution >= 0.6 is 0 Å². The number of hydrogen-bond donors (Lipinski definition) is 1. The molecule has 20 heavy (non-hydrogen) atoms. The lowest BCUT2D eigenvalue weighted by Crippen LogP contribution is -2.58. The Kier molecular flexibility index (Phi) is 5.28. The highest BCUT2D eigenvalue weighted by Gasteiger charge is 2.33. The Labute approximate surface area is 123 Å². The maximum Gasteiger partial charge on any atom is 0.121 e. The van der Waals surface area contributed by atoms with Gasteiger partial charge in [-0.1, -0.05) is 27.2 Å². The molecule has 1 fully saturated rings. The highest BCUT2D eigenvalue weighted by molar-refractivity contribution is 5.10. The van der Waals surface area contributed by atoms with Gasteiger partial charge in [0.1, 0.15) is 11.5 Å². The highest BCUT2D eigenvalue weighted by atomic mass is 16.3. The van der Waals surface area contributed by atoms with E-state index in [1.165, 1.54) is 12.8 Å². The summed E-state index contributed by atoms with van der Waals surface area (Å²) in [5.74, 6) is 2.83. The maximum absolute atomic E-state index is 5.85. The van der Waals surface area contributed by atoms with Crippen molar-refractivity contribution in [3.05, 3.63) is 23.7 Å². The molecular formula is C17H30N2O. The number of rotatable bonds is 5. The number of piperazine rings is 1. The first kappa shape index (κ1) is 15.6. The van der Waals surface area contributed by atoms with Gasteiger partial charge in [-0.25, -0.2) is 0 Å². The fraction of sp³-hybridized carbons (Fsp3) is 0.765. The van der Waals surface area contributed by atoms with E-state index in [-0.39, 0.29) is 0 Å². The van der Waals surface area contributed by atoms with Crippen molar-refractivity contribution in [1.82, 2.24) is 10.2 Å². The first-order valence-electron chi connectivity index (χ1n) is 8.12. The van der Waals surface area contributed by atoms with Crippen molar-refractivity contribution in [1.29, 1.82) is 0 Å². The predicted octanol–water partition coefficient (Wildman–Crippen LogP) is 3.75. The predicted molar refractivity (Wildman–Crippen MR) is 83.9 cm³/mol. The van der Waals surface area contributed by atoms with Crippen LogP contribution in [0, 0.1) is 12.8 Å². The minimum Gasteiger partial charge on any atom is -0.465 e. The molecule has 1 aromatic heterocycles. The SMILES string of the molecule is CCC(C)C1CN(C(C)c2ccc(C)o2)C(CC)CN1. The molecule has 0 amide bonds. The first-order chi connectivity index (χ1) is 9.56. The van der Waals surface area contributed by atoms with Gasteiger partial charge in [0, 0.05) is 25.2 Å². The Morgan fingerprint density at radius 3 is 2.65 bits per heavy atom. The quantitative estimate of drug-likeness (QED) is 0.889. The summed E-state index contributed by atoms with van der Waals surface area (Å²) in [6.07, 6.45) is 2.42. The van der Waals surface area contributed by atoms with E-state index in [4.69, 9.17) is 4.42 Å². The molecule has 4 atom stereocenters. The average molecular weight is 278 g/mol. The topological polar surface area (TPSA) is 28.4 Å². The van der Waals surface area contributed by atoms with E-state index >= 15 is 0 Å².